The summed E-state index contributed by atoms with van der Waals surface area (Å²) in [6, 6.07) is 0. The zero-order valence-corrected chi connectivity index (χ0v) is 18.4. The van der Waals surface area contributed by atoms with E-state index in [1.165, 1.54) is 9.05 Å². The topological polar surface area (TPSA) is 35.5 Å². The van der Waals surface area contributed by atoms with E-state index in [0.29, 0.717) is 0 Å². The van der Waals surface area contributed by atoms with Crippen LogP contribution in [0.25, 0.3) is 0 Å². The van der Waals surface area contributed by atoms with Crippen LogP contribution >= 0.6 is 8.25 Å². The smallest absolute Gasteiger partial charge is 0.192 e. The molecule has 0 radical (unpaired) electrons. The summed E-state index contributed by atoms with van der Waals surface area (Å²) in [5, 5.41) is 0. The minimum atomic E-state index is -8.82. The van der Waals surface area contributed by atoms with Crippen LogP contribution in [0.1, 0.15) is 0 Å². The Morgan fingerprint density at radius 2 is 0.452 bits per heavy atom. The van der Waals surface area contributed by atoms with Crippen LogP contribution in [-0.2, 0) is 13.6 Å². The van der Waals surface area contributed by atoms with Crippen LogP contribution in [0, 0.1) is 0 Å². The van der Waals surface area contributed by atoms with E-state index in [1.807, 2.05) is 0 Å². The van der Waals surface area contributed by atoms with E-state index < -0.39 is 80.2 Å². The molecule has 0 amide bonds. The molecule has 0 heterocycles. The third-order valence-corrected chi connectivity index (χ3v) is 4.94. The van der Waals surface area contributed by atoms with Crippen LogP contribution < -0.4 is 0 Å². The Morgan fingerprint density at radius 3 is 0.619 bits per heavy atom. The summed E-state index contributed by atoms with van der Waals surface area (Å²) < 4.78 is 346. The molecule has 0 bridgehead atoms. The Bertz CT molecular complexity index is 927. The summed E-state index contributed by atoms with van der Waals surface area (Å²) in [7, 11) is -6.84. The quantitative estimate of drug-likeness (QED) is 0.149. The summed E-state index contributed by atoms with van der Waals surface area (Å²) >= 11 is 0. The molecule has 0 N–H and O–H groups in total. The monoisotopic (exact) mass is 717 g/mol. The van der Waals surface area contributed by atoms with E-state index in [9.17, 15) is 119 Å². The highest BCUT2D eigenvalue weighted by atomic mass is 31.1. The fourth-order valence-electron chi connectivity index (χ4n) is 1.83. The second-order valence-corrected chi connectivity index (χ2v) is 7.84. The molecular weight excluding hydrogens is 717 g/mol. The number of hydrogen-bond donors (Lipinski definition) is 0. The molecule has 0 aromatic carbocycles. The zero-order chi connectivity index (χ0) is 35.0. The first kappa shape index (κ1) is 40.2. The summed E-state index contributed by atoms with van der Waals surface area (Å²) in [5.74, 6) is -69.2. The van der Waals surface area contributed by atoms with Crippen molar-refractivity contribution in [2.45, 2.75) is 72.0 Å². The van der Waals surface area contributed by atoms with E-state index in [1.54, 1.807) is 0 Å². The summed E-state index contributed by atoms with van der Waals surface area (Å²) in [5.41, 5.74) is 0. The maximum atomic E-state index is 13.3. The fourth-order valence-corrected chi connectivity index (χ4v) is 2.47. The molecule has 0 fully saturated rings. The van der Waals surface area contributed by atoms with Crippen molar-refractivity contribution in [2.75, 3.05) is 0 Å². The molecule has 0 aliphatic carbocycles. The van der Waals surface area contributed by atoms with Gasteiger partial charge in [0.05, 0.1) is 0 Å². The normalized spacial score (nSPS) is 16.6. The molecule has 0 spiro atoms. The average Bonchev–Trinajstić information content (AvgIpc) is 2.69. The van der Waals surface area contributed by atoms with E-state index in [2.05, 4.69) is 0 Å². The zero-order valence-electron chi connectivity index (χ0n) is 17.5. The molecule has 3 nitrogen and oxygen atoms in total. The van der Waals surface area contributed by atoms with Crippen LogP contribution in [0.2, 0.25) is 0 Å². The molecule has 0 saturated heterocycles. The molecule has 0 aliphatic rings. The van der Waals surface area contributed by atoms with Crippen LogP contribution in [0.5, 0.6) is 0 Å². The van der Waals surface area contributed by atoms with Gasteiger partial charge in [0.15, 0.2) is 0 Å². The van der Waals surface area contributed by atoms with E-state index in [-0.39, 0.29) is 0 Å². The lowest BCUT2D eigenvalue weighted by Gasteiger charge is -2.38. The molecule has 0 rings (SSSR count). The Balaban J connectivity index is 6.52. The van der Waals surface area contributed by atoms with Gasteiger partial charge >= 0.3 is 80.2 Å². The van der Waals surface area contributed by atoms with Gasteiger partial charge in [0.25, 0.3) is 0 Å². The van der Waals surface area contributed by atoms with Crippen molar-refractivity contribution in [1.29, 1.82) is 0 Å². The first-order valence-corrected chi connectivity index (χ1v) is 9.46. The van der Waals surface area contributed by atoms with Gasteiger partial charge < -0.3 is 0 Å². The highest BCUT2D eigenvalue weighted by Gasteiger charge is 2.94. The van der Waals surface area contributed by atoms with Gasteiger partial charge in [0.1, 0.15) is 0 Å². The number of rotatable bonds is 12. The van der Waals surface area contributed by atoms with Crippen molar-refractivity contribution < 1.29 is 128 Å². The first-order valence-electron chi connectivity index (χ1n) is 8.37. The van der Waals surface area contributed by atoms with E-state index in [4.69, 9.17) is 0 Å². The summed E-state index contributed by atoms with van der Waals surface area (Å²) in [6.07, 6.45) is -32.3. The maximum absolute atomic E-state index is 13.3. The highest BCUT2D eigenvalue weighted by Crippen LogP contribution is 2.64. The molecule has 0 atom stereocenters. The standard InChI is InChI=1S/C12F26O3P/c13-1(14,5(21,22)9(29,30)31)3(17,18)7(25,26)11(35,36)40-42(39)41-12(37,38)8(27,28)4(19,20)2(15,16)6(23,24)10(32,33)34/q+1. The van der Waals surface area contributed by atoms with Crippen LogP contribution in [0.4, 0.5) is 114 Å². The summed E-state index contributed by atoms with van der Waals surface area (Å²) in [6.45, 7) is 0. The largest absolute Gasteiger partial charge is 0.710 e. The molecule has 0 saturated carbocycles. The van der Waals surface area contributed by atoms with Crippen molar-refractivity contribution >= 4 is 8.25 Å². The molecule has 42 heavy (non-hydrogen) atoms. The van der Waals surface area contributed by atoms with Gasteiger partial charge in [-0.1, -0.05) is 0 Å². The van der Waals surface area contributed by atoms with Gasteiger partial charge in [-0.2, -0.15) is 114 Å². The lowest BCUT2D eigenvalue weighted by Crippen LogP contribution is -2.70. The molecular formula is C12F26O3P+. The minimum absolute atomic E-state index is 1.52. The SMILES string of the molecule is O=[P+](OC(F)(F)C(F)(F)C(F)(F)C(F)(F)C(F)(F)C(F)(F)F)OC(F)(F)C(F)(F)C(F)(F)C(F)(F)C(F)(F)C(F)(F)F. The lowest BCUT2D eigenvalue weighted by molar-refractivity contribution is -0.462. The van der Waals surface area contributed by atoms with Crippen LogP contribution in [0.15, 0.2) is 0 Å². The average molecular weight is 717 g/mol. The third-order valence-electron chi connectivity index (χ3n) is 4.19. The van der Waals surface area contributed by atoms with Gasteiger partial charge in [-0.25, -0.2) is 0 Å². The number of alkyl halides is 26. The third kappa shape index (κ3) is 5.48. The number of halogens is 26. The van der Waals surface area contributed by atoms with Crippen molar-refractivity contribution in [3.05, 3.63) is 0 Å². The van der Waals surface area contributed by atoms with Crippen LogP contribution in [0.3, 0.4) is 0 Å². The number of hydrogen-bond acceptors (Lipinski definition) is 3. The molecule has 0 aliphatic heterocycles. The van der Waals surface area contributed by atoms with Gasteiger partial charge in [0.2, 0.25) is 0 Å². The second-order valence-electron chi connectivity index (χ2n) is 7.03. The van der Waals surface area contributed by atoms with Gasteiger partial charge in [-0.15, -0.1) is 0 Å². The summed E-state index contributed by atoms with van der Waals surface area (Å²) in [4.78, 5) is 0. The second kappa shape index (κ2) is 10.1. The minimum Gasteiger partial charge on any atom is -0.192 e. The predicted molar refractivity (Wildman–Crippen MR) is 71.4 cm³/mol. The fraction of sp³-hybridized carbons (Fsp3) is 1.00. The van der Waals surface area contributed by atoms with Crippen molar-refractivity contribution in [3.8, 4) is 0 Å². The molecule has 252 valence electrons. The predicted octanol–water partition coefficient (Wildman–Crippen LogP) is 9.07. The highest BCUT2D eigenvalue weighted by molar-refractivity contribution is 7.33. The van der Waals surface area contributed by atoms with Crippen molar-refractivity contribution in [1.82, 2.24) is 0 Å². The Morgan fingerprint density at radius 1 is 0.286 bits per heavy atom. The van der Waals surface area contributed by atoms with Crippen molar-refractivity contribution in [3.63, 3.8) is 0 Å². The Kier molecular flexibility index (Phi) is 9.68. The van der Waals surface area contributed by atoms with E-state index in [0.717, 1.165) is 0 Å². The van der Waals surface area contributed by atoms with E-state index >= 15 is 0 Å². The molecule has 30 heteroatoms. The first-order chi connectivity index (χ1) is 17.6. The molecule has 0 aromatic heterocycles. The maximum Gasteiger partial charge on any atom is 0.710 e. The Hall–Kier alpha value is -1.80. The van der Waals surface area contributed by atoms with Crippen LogP contribution in [-0.4, -0.2) is 72.0 Å². The van der Waals surface area contributed by atoms with Crippen molar-refractivity contribution in [2.24, 2.45) is 0 Å². The molecule has 0 aromatic rings. The van der Waals surface area contributed by atoms with Gasteiger partial charge in [-0.3, -0.25) is 0 Å². The van der Waals surface area contributed by atoms with Gasteiger partial charge in [0, 0.05) is 4.57 Å². The molecule has 0 unspecified atom stereocenters. The lowest BCUT2D eigenvalue weighted by atomic mass is 9.97. The Labute approximate surface area is 209 Å². The van der Waals surface area contributed by atoms with Gasteiger partial charge in [-0.05, 0) is 9.05 Å².